The first-order valence-corrected chi connectivity index (χ1v) is 5.58. The molecule has 8 nitrogen and oxygen atoms in total. The van der Waals surface area contributed by atoms with Crippen molar-refractivity contribution in [1.29, 1.82) is 0 Å². The zero-order valence-electron chi connectivity index (χ0n) is 10.1. The maximum atomic E-state index is 11.4. The second-order valence-corrected chi connectivity index (χ2v) is 3.99. The predicted molar refractivity (Wildman–Crippen MR) is 65.7 cm³/mol. The average Bonchev–Trinajstić information content (AvgIpc) is 2.38. The number of hydrazine groups is 1. The number of aryl methyl sites for hydroxylation is 1. The number of ether oxygens (including phenoxy) is 1. The molecule has 2 heterocycles. The summed E-state index contributed by atoms with van der Waals surface area (Å²) >= 11 is 0. The lowest BCUT2D eigenvalue weighted by Gasteiger charge is -2.34. The number of morpholine rings is 1. The maximum Gasteiger partial charge on any atom is 0.242 e. The summed E-state index contributed by atoms with van der Waals surface area (Å²) in [7, 11) is 0. The largest absolute Gasteiger partial charge is 0.377 e. The van der Waals surface area contributed by atoms with Crippen LogP contribution >= 0.6 is 0 Å². The van der Waals surface area contributed by atoms with Gasteiger partial charge in [0.05, 0.1) is 13.2 Å². The summed E-state index contributed by atoms with van der Waals surface area (Å²) in [5.74, 6) is 6.57. The van der Waals surface area contributed by atoms with Gasteiger partial charge in [-0.2, -0.15) is 0 Å². The molecular formula is C10H16N6O2. The molecule has 2 rings (SSSR count). The predicted octanol–water partition coefficient (Wildman–Crippen LogP) is -1.24. The van der Waals surface area contributed by atoms with E-state index in [0.29, 0.717) is 30.6 Å². The molecule has 1 aromatic heterocycles. The highest BCUT2D eigenvalue weighted by Gasteiger charge is 2.29. The number of aromatic nitrogens is 2. The van der Waals surface area contributed by atoms with Gasteiger partial charge in [0.1, 0.15) is 23.5 Å². The number of nitrogen functional groups attached to an aromatic ring is 1. The van der Waals surface area contributed by atoms with Gasteiger partial charge in [0.25, 0.3) is 0 Å². The highest BCUT2D eigenvalue weighted by molar-refractivity contribution is 5.83. The monoisotopic (exact) mass is 252 g/mol. The van der Waals surface area contributed by atoms with Crippen molar-refractivity contribution in [1.82, 2.24) is 9.97 Å². The van der Waals surface area contributed by atoms with Crippen LogP contribution < -0.4 is 21.9 Å². The number of rotatable bonds is 3. The van der Waals surface area contributed by atoms with E-state index in [4.69, 9.17) is 16.3 Å². The number of carbonyl (C=O) groups excluding carboxylic acids is 1. The molecule has 0 bridgehead atoms. The zero-order valence-corrected chi connectivity index (χ0v) is 10.1. The second kappa shape index (κ2) is 5.15. The lowest BCUT2D eigenvalue weighted by atomic mass is 10.2. The Hall–Kier alpha value is -1.93. The van der Waals surface area contributed by atoms with Crippen LogP contribution in [0.25, 0.3) is 0 Å². The minimum absolute atomic E-state index is 0.268. The van der Waals surface area contributed by atoms with Crippen molar-refractivity contribution in [2.24, 2.45) is 11.6 Å². The third-order valence-electron chi connectivity index (χ3n) is 2.72. The van der Waals surface area contributed by atoms with Gasteiger partial charge in [-0.1, -0.05) is 0 Å². The van der Waals surface area contributed by atoms with Gasteiger partial charge in [0.2, 0.25) is 5.91 Å². The van der Waals surface area contributed by atoms with Crippen molar-refractivity contribution in [2.45, 2.75) is 13.0 Å². The van der Waals surface area contributed by atoms with Crippen molar-refractivity contribution >= 4 is 17.5 Å². The number of anilines is 2. The fraction of sp³-hybridized carbons (Fsp3) is 0.500. The summed E-state index contributed by atoms with van der Waals surface area (Å²) in [4.78, 5) is 21.6. The Bertz CT molecular complexity index is 452. The fourth-order valence-electron chi connectivity index (χ4n) is 1.89. The molecule has 1 aromatic rings. The van der Waals surface area contributed by atoms with Gasteiger partial charge in [-0.25, -0.2) is 15.8 Å². The van der Waals surface area contributed by atoms with Crippen LogP contribution in [-0.4, -0.2) is 41.7 Å². The van der Waals surface area contributed by atoms with Gasteiger partial charge in [0.15, 0.2) is 0 Å². The van der Waals surface area contributed by atoms with Crippen LogP contribution in [0.3, 0.4) is 0 Å². The molecule has 1 aliphatic rings. The molecular weight excluding hydrogens is 236 g/mol. The van der Waals surface area contributed by atoms with E-state index in [-0.39, 0.29) is 6.61 Å². The van der Waals surface area contributed by atoms with E-state index < -0.39 is 11.9 Å². The molecule has 1 aliphatic heterocycles. The Morgan fingerprint density at radius 3 is 3.06 bits per heavy atom. The van der Waals surface area contributed by atoms with Crippen LogP contribution in [0.2, 0.25) is 0 Å². The van der Waals surface area contributed by atoms with Gasteiger partial charge in [-0.15, -0.1) is 0 Å². The number of carbonyl (C=O) groups is 1. The Balaban J connectivity index is 2.33. The van der Waals surface area contributed by atoms with Crippen LogP contribution in [0, 0.1) is 6.92 Å². The molecule has 0 aliphatic carbocycles. The standard InChI is InChI=1S/C10H16N6O2/c1-6-13-8(15-12)4-9(14-6)16-2-3-18-5-7(16)10(11)17/h4,7H,2-3,5,12H2,1H3,(H2,11,17)(H,13,14,15). The minimum Gasteiger partial charge on any atom is -0.377 e. The Morgan fingerprint density at radius 1 is 1.61 bits per heavy atom. The second-order valence-electron chi connectivity index (χ2n) is 3.99. The van der Waals surface area contributed by atoms with Crippen molar-refractivity contribution in [3.8, 4) is 0 Å². The summed E-state index contributed by atoms with van der Waals surface area (Å²) in [6, 6.07) is 1.16. The number of nitrogens with two attached hydrogens (primary N) is 2. The number of primary amides is 1. The SMILES string of the molecule is Cc1nc(NN)cc(N2CCOCC2C(N)=O)n1. The van der Waals surface area contributed by atoms with E-state index in [1.54, 1.807) is 17.9 Å². The molecule has 0 spiro atoms. The summed E-state index contributed by atoms with van der Waals surface area (Å²) < 4.78 is 5.26. The molecule has 8 heteroatoms. The van der Waals surface area contributed by atoms with E-state index in [1.165, 1.54) is 0 Å². The molecule has 0 aromatic carbocycles. The number of hydrogen-bond acceptors (Lipinski definition) is 7. The molecule has 1 saturated heterocycles. The summed E-state index contributed by atoms with van der Waals surface area (Å²) in [5, 5.41) is 0. The number of nitrogens with one attached hydrogen (secondary N) is 1. The summed E-state index contributed by atoms with van der Waals surface area (Å²) in [6.45, 7) is 3.10. The zero-order chi connectivity index (χ0) is 13.1. The molecule has 0 saturated carbocycles. The normalized spacial score (nSPS) is 19.7. The third-order valence-corrected chi connectivity index (χ3v) is 2.72. The molecule has 0 radical (unpaired) electrons. The van der Waals surface area contributed by atoms with Crippen molar-refractivity contribution in [3.63, 3.8) is 0 Å². The lowest BCUT2D eigenvalue weighted by Crippen LogP contribution is -2.53. The summed E-state index contributed by atoms with van der Waals surface area (Å²) in [6.07, 6.45) is 0. The van der Waals surface area contributed by atoms with Gasteiger partial charge in [-0.05, 0) is 6.92 Å². The smallest absolute Gasteiger partial charge is 0.242 e. The average molecular weight is 252 g/mol. The molecule has 1 fully saturated rings. The molecule has 98 valence electrons. The first-order chi connectivity index (χ1) is 8.61. The first kappa shape index (κ1) is 12.5. The number of nitrogens with zero attached hydrogens (tertiary/aromatic N) is 3. The Kier molecular flexibility index (Phi) is 3.58. The highest BCUT2D eigenvalue weighted by atomic mass is 16.5. The van der Waals surface area contributed by atoms with Crippen LogP contribution in [-0.2, 0) is 9.53 Å². The van der Waals surface area contributed by atoms with E-state index >= 15 is 0 Å². The molecule has 1 unspecified atom stereocenters. The van der Waals surface area contributed by atoms with E-state index in [1.807, 2.05) is 0 Å². The highest BCUT2D eigenvalue weighted by Crippen LogP contribution is 2.19. The topological polar surface area (TPSA) is 119 Å². The van der Waals surface area contributed by atoms with Crippen molar-refractivity contribution in [2.75, 3.05) is 30.1 Å². The molecule has 1 amide bonds. The van der Waals surface area contributed by atoms with Gasteiger partial charge in [-0.3, -0.25) is 4.79 Å². The van der Waals surface area contributed by atoms with E-state index in [2.05, 4.69) is 15.4 Å². The minimum atomic E-state index is -0.515. The van der Waals surface area contributed by atoms with E-state index in [9.17, 15) is 4.79 Å². The van der Waals surface area contributed by atoms with Gasteiger partial charge in [0, 0.05) is 12.6 Å². The van der Waals surface area contributed by atoms with E-state index in [0.717, 1.165) is 0 Å². The van der Waals surface area contributed by atoms with Crippen LogP contribution in [0.4, 0.5) is 11.6 Å². The molecule has 5 N–H and O–H groups in total. The van der Waals surface area contributed by atoms with Gasteiger partial charge >= 0.3 is 0 Å². The molecule has 18 heavy (non-hydrogen) atoms. The summed E-state index contributed by atoms with van der Waals surface area (Å²) in [5.41, 5.74) is 7.83. The van der Waals surface area contributed by atoms with Crippen LogP contribution in [0.15, 0.2) is 6.07 Å². The first-order valence-electron chi connectivity index (χ1n) is 5.58. The van der Waals surface area contributed by atoms with Crippen molar-refractivity contribution in [3.05, 3.63) is 11.9 Å². The quantitative estimate of drug-likeness (QED) is 0.454. The fourth-order valence-corrected chi connectivity index (χ4v) is 1.89. The number of amides is 1. The third kappa shape index (κ3) is 2.49. The van der Waals surface area contributed by atoms with Crippen molar-refractivity contribution < 1.29 is 9.53 Å². The number of hydrogen-bond donors (Lipinski definition) is 3. The Labute approximate surface area is 104 Å². The van der Waals surface area contributed by atoms with Crippen LogP contribution in [0.1, 0.15) is 5.82 Å². The lowest BCUT2D eigenvalue weighted by molar-refractivity contribution is -0.121. The van der Waals surface area contributed by atoms with Crippen LogP contribution in [0.5, 0.6) is 0 Å². The van der Waals surface area contributed by atoms with Gasteiger partial charge < -0.3 is 20.8 Å². The Morgan fingerprint density at radius 2 is 2.39 bits per heavy atom. The molecule has 1 atom stereocenters. The maximum absolute atomic E-state index is 11.4.